The van der Waals surface area contributed by atoms with E-state index in [4.69, 9.17) is 37.4 Å². The third kappa shape index (κ3) is 5.57. The summed E-state index contributed by atoms with van der Waals surface area (Å²) in [5.74, 6) is -0.0857. The van der Waals surface area contributed by atoms with E-state index < -0.39 is 11.9 Å². The number of hydrogen-bond acceptors (Lipinski definition) is 6. The van der Waals surface area contributed by atoms with Gasteiger partial charge in [0.05, 0.1) is 41.6 Å². The summed E-state index contributed by atoms with van der Waals surface area (Å²) in [5, 5.41) is 4.53. The van der Waals surface area contributed by atoms with Crippen molar-refractivity contribution < 1.29 is 23.8 Å². The molecule has 0 bridgehead atoms. The zero-order chi connectivity index (χ0) is 23.1. The first-order valence-corrected chi connectivity index (χ1v) is 10.00. The summed E-state index contributed by atoms with van der Waals surface area (Å²) in [7, 11) is 2.92. The highest BCUT2D eigenvalue weighted by atomic mass is 35.5. The van der Waals surface area contributed by atoms with Gasteiger partial charge >= 0.3 is 5.97 Å². The molecule has 0 atom stereocenters. The molecule has 0 aliphatic carbocycles. The maximum Gasteiger partial charge on any atom is 0.343 e. The van der Waals surface area contributed by atoms with Gasteiger partial charge in [-0.3, -0.25) is 4.79 Å². The minimum atomic E-state index is -0.618. The molecular weight excluding hydrogens is 455 g/mol. The number of nitrogens with one attached hydrogen (secondary N) is 1. The Labute approximate surface area is 194 Å². The lowest BCUT2D eigenvalue weighted by Crippen LogP contribution is -2.18. The summed E-state index contributed by atoms with van der Waals surface area (Å²) >= 11 is 11.8. The normalized spacial score (nSPS) is 10.6. The Hall–Kier alpha value is -3.55. The Morgan fingerprint density at radius 1 is 0.875 bits per heavy atom. The molecule has 1 amide bonds. The molecule has 0 aliphatic rings. The zero-order valence-electron chi connectivity index (χ0n) is 17.1. The lowest BCUT2D eigenvalue weighted by molar-refractivity contribution is 0.0729. The summed E-state index contributed by atoms with van der Waals surface area (Å²) in [4.78, 5) is 24.7. The maximum atomic E-state index is 12.4. The molecule has 3 aromatic carbocycles. The molecule has 0 spiro atoms. The van der Waals surface area contributed by atoms with E-state index in [1.807, 2.05) is 0 Å². The van der Waals surface area contributed by atoms with Crippen molar-refractivity contribution in [3.63, 3.8) is 0 Å². The van der Waals surface area contributed by atoms with Crippen LogP contribution in [-0.4, -0.2) is 32.3 Å². The molecule has 0 heterocycles. The number of nitrogens with zero attached hydrogens (tertiary/aromatic N) is 1. The van der Waals surface area contributed by atoms with Gasteiger partial charge < -0.3 is 14.2 Å². The summed E-state index contributed by atoms with van der Waals surface area (Å²) < 4.78 is 15.9. The van der Waals surface area contributed by atoms with Crippen LogP contribution in [0.25, 0.3) is 0 Å². The van der Waals surface area contributed by atoms with Crippen molar-refractivity contribution in [1.82, 2.24) is 5.43 Å². The second-order valence-corrected chi connectivity index (χ2v) is 7.14. The predicted molar refractivity (Wildman–Crippen MR) is 122 cm³/mol. The van der Waals surface area contributed by atoms with Gasteiger partial charge in [0.25, 0.3) is 5.91 Å². The Kier molecular flexibility index (Phi) is 7.70. The Morgan fingerprint density at radius 2 is 1.62 bits per heavy atom. The van der Waals surface area contributed by atoms with Crippen LogP contribution in [0.3, 0.4) is 0 Å². The highest BCUT2D eigenvalue weighted by molar-refractivity contribution is 6.42. The molecule has 0 unspecified atom stereocenters. The molecule has 0 radical (unpaired) electrons. The smallest absolute Gasteiger partial charge is 0.343 e. The predicted octanol–water partition coefficient (Wildman–Crippen LogP) is 4.99. The summed E-state index contributed by atoms with van der Waals surface area (Å²) in [6.07, 6.45) is 1.43. The fourth-order valence-electron chi connectivity index (χ4n) is 2.69. The standard InChI is InChI=1S/C23H18Cl2N2O5/c1-30-19-6-4-3-5-16(19)22(28)27-26-13-14-7-10-20(21(11-14)31-2)32-23(29)15-8-9-17(24)18(25)12-15/h3-13H,1-2H3,(H,27,28)/b26-13-. The molecule has 1 N–H and O–H groups in total. The average molecular weight is 473 g/mol. The maximum absolute atomic E-state index is 12.4. The topological polar surface area (TPSA) is 86.2 Å². The van der Waals surface area contributed by atoms with Crippen LogP contribution in [0.4, 0.5) is 0 Å². The van der Waals surface area contributed by atoms with Gasteiger partial charge in [-0.25, -0.2) is 10.2 Å². The number of esters is 1. The monoisotopic (exact) mass is 472 g/mol. The summed E-state index contributed by atoms with van der Waals surface area (Å²) in [6.45, 7) is 0. The van der Waals surface area contributed by atoms with Crippen LogP contribution in [0.15, 0.2) is 65.8 Å². The number of carbonyl (C=O) groups is 2. The molecule has 7 nitrogen and oxygen atoms in total. The van der Waals surface area contributed by atoms with E-state index in [9.17, 15) is 9.59 Å². The van der Waals surface area contributed by atoms with Crippen LogP contribution in [-0.2, 0) is 0 Å². The van der Waals surface area contributed by atoms with Crippen LogP contribution >= 0.6 is 23.2 Å². The minimum absolute atomic E-state index is 0.207. The molecular formula is C23H18Cl2N2O5. The van der Waals surface area contributed by atoms with Crippen molar-refractivity contribution in [2.75, 3.05) is 14.2 Å². The number of rotatable bonds is 7. The first-order valence-electron chi connectivity index (χ1n) is 9.24. The highest BCUT2D eigenvalue weighted by Crippen LogP contribution is 2.29. The molecule has 9 heteroatoms. The van der Waals surface area contributed by atoms with Gasteiger partial charge in [-0.1, -0.05) is 35.3 Å². The van der Waals surface area contributed by atoms with Crippen LogP contribution < -0.4 is 19.6 Å². The van der Waals surface area contributed by atoms with Crippen LogP contribution in [0, 0.1) is 0 Å². The Bertz CT molecular complexity index is 1180. The molecule has 3 rings (SSSR count). The number of hydrogen-bond donors (Lipinski definition) is 1. The largest absolute Gasteiger partial charge is 0.496 e. The fraction of sp³-hybridized carbons (Fsp3) is 0.0870. The number of hydrazone groups is 1. The third-order valence-electron chi connectivity index (χ3n) is 4.28. The molecule has 164 valence electrons. The van der Waals surface area contributed by atoms with Crippen molar-refractivity contribution in [2.45, 2.75) is 0 Å². The van der Waals surface area contributed by atoms with E-state index in [0.717, 1.165) is 0 Å². The number of carbonyl (C=O) groups excluding carboxylic acids is 2. The second kappa shape index (κ2) is 10.7. The van der Waals surface area contributed by atoms with Gasteiger partial charge in [-0.15, -0.1) is 0 Å². The van der Waals surface area contributed by atoms with Gasteiger partial charge in [0, 0.05) is 0 Å². The molecule has 32 heavy (non-hydrogen) atoms. The van der Waals surface area contributed by atoms with Gasteiger partial charge in [-0.2, -0.15) is 5.10 Å². The molecule has 0 aromatic heterocycles. The van der Waals surface area contributed by atoms with Crippen LogP contribution in [0.1, 0.15) is 26.3 Å². The highest BCUT2D eigenvalue weighted by Gasteiger charge is 2.14. The minimum Gasteiger partial charge on any atom is -0.496 e. The lowest BCUT2D eigenvalue weighted by Gasteiger charge is -2.10. The number of amides is 1. The van der Waals surface area contributed by atoms with E-state index in [1.165, 1.54) is 38.6 Å². The molecule has 0 aliphatic heterocycles. The molecule has 0 saturated heterocycles. The van der Waals surface area contributed by atoms with Crippen molar-refractivity contribution in [3.05, 3.63) is 87.4 Å². The van der Waals surface area contributed by atoms with Crippen LogP contribution in [0.2, 0.25) is 10.0 Å². The van der Waals surface area contributed by atoms with Gasteiger partial charge in [0.2, 0.25) is 0 Å². The zero-order valence-corrected chi connectivity index (χ0v) is 18.6. The molecule has 0 saturated carbocycles. The Morgan fingerprint density at radius 3 is 2.34 bits per heavy atom. The van der Waals surface area contributed by atoms with Crippen molar-refractivity contribution in [1.29, 1.82) is 0 Å². The van der Waals surface area contributed by atoms with E-state index in [-0.39, 0.29) is 16.3 Å². The van der Waals surface area contributed by atoms with E-state index >= 15 is 0 Å². The molecule has 0 fully saturated rings. The first kappa shape index (κ1) is 23.1. The number of benzene rings is 3. The number of methoxy groups -OCH3 is 2. The second-order valence-electron chi connectivity index (χ2n) is 6.33. The lowest BCUT2D eigenvalue weighted by atomic mass is 10.2. The fourth-order valence-corrected chi connectivity index (χ4v) is 2.99. The van der Waals surface area contributed by atoms with Gasteiger partial charge in [-0.05, 0) is 54.1 Å². The number of halogens is 2. The van der Waals surface area contributed by atoms with Gasteiger partial charge in [0.15, 0.2) is 11.5 Å². The van der Waals surface area contributed by atoms with Gasteiger partial charge in [0.1, 0.15) is 5.75 Å². The molecule has 3 aromatic rings. The van der Waals surface area contributed by atoms with Crippen molar-refractivity contribution in [2.24, 2.45) is 5.10 Å². The van der Waals surface area contributed by atoms with Crippen molar-refractivity contribution >= 4 is 41.3 Å². The average Bonchev–Trinajstić information content (AvgIpc) is 2.81. The first-order chi connectivity index (χ1) is 15.4. The third-order valence-corrected chi connectivity index (χ3v) is 5.02. The SMILES string of the molecule is COc1cc(/C=N\NC(=O)c2ccccc2OC)ccc1OC(=O)c1ccc(Cl)c(Cl)c1. The summed E-state index contributed by atoms with van der Waals surface area (Å²) in [6, 6.07) is 16.1. The van der Waals surface area contributed by atoms with E-state index in [0.29, 0.717) is 27.6 Å². The quantitative estimate of drug-likeness (QED) is 0.226. The van der Waals surface area contributed by atoms with Crippen LogP contribution in [0.5, 0.6) is 17.2 Å². The van der Waals surface area contributed by atoms with E-state index in [2.05, 4.69) is 10.5 Å². The Balaban J connectivity index is 1.70. The number of ether oxygens (including phenoxy) is 3. The van der Waals surface area contributed by atoms with Crippen molar-refractivity contribution in [3.8, 4) is 17.2 Å². The van der Waals surface area contributed by atoms with E-state index in [1.54, 1.807) is 42.5 Å². The number of para-hydroxylation sites is 1. The summed E-state index contributed by atoms with van der Waals surface area (Å²) in [5.41, 5.74) is 3.64.